The number of nitrogens with zero attached hydrogens (tertiary/aromatic N) is 4. The van der Waals surface area contributed by atoms with Crippen LogP contribution in [0.3, 0.4) is 0 Å². The van der Waals surface area contributed by atoms with Gasteiger partial charge in [0.25, 0.3) is 5.91 Å². The van der Waals surface area contributed by atoms with E-state index in [1.165, 1.54) is 0 Å². The van der Waals surface area contributed by atoms with E-state index in [-0.39, 0.29) is 24.5 Å². The molecule has 1 aliphatic rings. The van der Waals surface area contributed by atoms with Crippen LogP contribution in [-0.2, 0) is 17.9 Å². The van der Waals surface area contributed by atoms with Gasteiger partial charge in [0.05, 0.1) is 6.61 Å². The van der Waals surface area contributed by atoms with Gasteiger partial charge in [-0.3, -0.25) is 4.79 Å². The second-order valence-electron chi connectivity index (χ2n) is 5.94. The molecule has 9 nitrogen and oxygen atoms in total. The van der Waals surface area contributed by atoms with Crippen LogP contribution in [0.4, 0.5) is 0 Å². The maximum Gasteiger partial charge on any atom is 0.273 e. The topological polar surface area (TPSA) is 115 Å². The van der Waals surface area contributed by atoms with Gasteiger partial charge in [0, 0.05) is 31.7 Å². The van der Waals surface area contributed by atoms with Gasteiger partial charge in [-0.1, -0.05) is 5.16 Å². The Hall–Kier alpha value is -2.26. The molecular formula is C15H21N5O4. The molecule has 0 atom stereocenters. The number of aliphatic hydroxyl groups excluding tert-OH is 1. The molecule has 0 aliphatic heterocycles. The Morgan fingerprint density at radius 2 is 2.29 bits per heavy atom. The van der Waals surface area contributed by atoms with Crippen LogP contribution in [-0.4, -0.2) is 50.7 Å². The number of aromatic nitrogens is 4. The summed E-state index contributed by atoms with van der Waals surface area (Å²) in [5.74, 6) is 1.95. The van der Waals surface area contributed by atoms with Gasteiger partial charge in [-0.15, -0.1) is 10.2 Å². The van der Waals surface area contributed by atoms with Crippen molar-refractivity contribution < 1.29 is 19.2 Å². The van der Waals surface area contributed by atoms with E-state index < -0.39 is 0 Å². The van der Waals surface area contributed by atoms with E-state index in [0.717, 1.165) is 18.7 Å². The summed E-state index contributed by atoms with van der Waals surface area (Å²) in [6.07, 6.45) is 1.55. The quantitative estimate of drug-likeness (QED) is 0.752. The molecule has 3 rings (SSSR count). The number of aliphatic hydroxyl groups is 1. The molecule has 0 spiro atoms. The lowest BCUT2D eigenvalue weighted by Crippen LogP contribution is -2.44. The summed E-state index contributed by atoms with van der Waals surface area (Å²) in [6, 6.07) is 1.69. The lowest BCUT2D eigenvalue weighted by molar-refractivity contribution is 0.0897. The number of nitrogens with one attached hydrogen (secondary N) is 1. The minimum atomic E-state index is -0.229. The van der Waals surface area contributed by atoms with Crippen molar-refractivity contribution in [3.63, 3.8) is 0 Å². The number of ether oxygens (including phenoxy) is 1. The van der Waals surface area contributed by atoms with Crippen LogP contribution in [0.5, 0.6) is 0 Å². The predicted molar refractivity (Wildman–Crippen MR) is 82.3 cm³/mol. The molecule has 1 aliphatic carbocycles. The highest BCUT2D eigenvalue weighted by molar-refractivity contribution is 5.92. The summed E-state index contributed by atoms with van der Waals surface area (Å²) in [6.45, 7) is 2.71. The van der Waals surface area contributed by atoms with Crippen molar-refractivity contribution in [1.82, 2.24) is 25.2 Å². The zero-order valence-electron chi connectivity index (χ0n) is 13.7. The van der Waals surface area contributed by atoms with Gasteiger partial charge >= 0.3 is 0 Å². The van der Waals surface area contributed by atoms with Crippen molar-refractivity contribution in [2.75, 3.05) is 13.7 Å². The Bertz CT molecular complexity index is 705. The number of methoxy groups -OCH3 is 1. The van der Waals surface area contributed by atoms with Crippen molar-refractivity contribution in [3.05, 3.63) is 29.2 Å². The highest BCUT2D eigenvalue weighted by atomic mass is 16.5. The maximum absolute atomic E-state index is 12.0. The fourth-order valence-electron chi connectivity index (χ4n) is 2.87. The van der Waals surface area contributed by atoms with Gasteiger partial charge in [0.2, 0.25) is 0 Å². The average molecular weight is 335 g/mol. The first-order valence-corrected chi connectivity index (χ1v) is 7.88. The van der Waals surface area contributed by atoms with E-state index in [2.05, 4.69) is 20.7 Å². The molecule has 24 heavy (non-hydrogen) atoms. The number of hydrogen-bond acceptors (Lipinski definition) is 7. The zero-order chi connectivity index (χ0) is 17.1. The Labute approximate surface area is 139 Å². The zero-order valence-corrected chi connectivity index (χ0v) is 13.7. The first kappa shape index (κ1) is 16.6. The lowest BCUT2D eigenvalue weighted by Gasteiger charge is -2.35. The molecule has 1 fully saturated rings. The molecule has 0 radical (unpaired) electrons. The van der Waals surface area contributed by atoms with Gasteiger partial charge < -0.3 is 24.3 Å². The SMILES string of the molecule is COCCn1c(CO)nnc1C1CC(NC(=O)c2cc(C)on2)C1. The van der Waals surface area contributed by atoms with Crippen LogP contribution in [0.25, 0.3) is 0 Å². The number of aryl methyl sites for hydroxylation is 1. The molecule has 2 aromatic heterocycles. The van der Waals surface area contributed by atoms with Crippen molar-refractivity contribution in [2.45, 2.75) is 44.9 Å². The van der Waals surface area contributed by atoms with Crippen LogP contribution in [0.1, 0.15) is 46.7 Å². The molecule has 0 bridgehead atoms. The third-order valence-corrected chi connectivity index (χ3v) is 4.22. The average Bonchev–Trinajstić information content (AvgIpc) is 3.14. The third-order valence-electron chi connectivity index (χ3n) is 4.22. The van der Waals surface area contributed by atoms with Crippen LogP contribution in [0.15, 0.2) is 10.6 Å². The third kappa shape index (κ3) is 3.31. The Balaban J connectivity index is 1.58. The number of carbonyl (C=O) groups excluding carboxylic acids is 1. The minimum absolute atomic E-state index is 0.0738. The first-order valence-electron chi connectivity index (χ1n) is 7.88. The van der Waals surface area contributed by atoms with Gasteiger partial charge in [-0.25, -0.2) is 0 Å². The molecule has 2 heterocycles. The van der Waals surface area contributed by atoms with E-state index in [1.807, 2.05) is 4.57 Å². The van der Waals surface area contributed by atoms with E-state index in [0.29, 0.717) is 30.4 Å². The van der Waals surface area contributed by atoms with Crippen molar-refractivity contribution in [3.8, 4) is 0 Å². The number of carbonyl (C=O) groups is 1. The number of hydrogen-bond donors (Lipinski definition) is 2. The molecule has 0 aromatic carbocycles. The van der Waals surface area contributed by atoms with Gasteiger partial charge in [0.1, 0.15) is 18.2 Å². The van der Waals surface area contributed by atoms with Gasteiger partial charge in [0.15, 0.2) is 11.5 Å². The highest BCUT2D eigenvalue weighted by Crippen LogP contribution is 2.36. The van der Waals surface area contributed by atoms with Crippen molar-refractivity contribution in [1.29, 1.82) is 0 Å². The standard InChI is InChI=1S/C15H21N5O4/c1-9-5-12(19-24-9)15(22)16-11-6-10(7-11)14-18-17-13(8-21)20(14)3-4-23-2/h5,10-11,21H,3-4,6-8H2,1-2H3,(H,16,22). The molecule has 1 saturated carbocycles. The molecule has 2 N–H and O–H groups in total. The number of amides is 1. The highest BCUT2D eigenvalue weighted by Gasteiger charge is 2.35. The van der Waals surface area contributed by atoms with E-state index in [1.54, 1.807) is 20.1 Å². The fraction of sp³-hybridized carbons (Fsp3) is 0.600. The van der Waals surface area contributed by atoms with Crippen molar-refractivity contribution >= 4 is 5.91 Å². The largest absolute Gasteiger partial charge is 0.388 e. The lowest BCUT2D eigenvalue weighted by atomic mass is 9.79. The predicted octanol–water partition coefficient (Wildman–Crippen LogP) is 0.389. The van der Waals surface area contributed by atoms with Gasteiger partial charge in [-0.05, 0) is 19.8 Å². The summed E-state index contributed by atoms with van der Waals surface area (Å²) < 4.78 is 11.9. The number of rotatable bonds is 7. The minimum Gasteiger partial charge on any atom is -0.388 e. The van der Waals surface area contributed by atoms with Crippen LogP contribution in [0.2, 0.25) is 0 Å². The maximum atomic E-state index is 12.0. The second kappa shape index (κ2) is 7.10. The van der Waals surface area contributed by atoms with E-state index >= 15 is 0 Å². The van der Waals surface area contributed by atoms with Crippen LogP contribution < -0.4 is 5.32 Å². The van der Waals surface area contributed by atoms with Crippen LogP contribution >= 0.6 is 0 Å². The summed E-state index contributed by atoms with van der Waals surface area (Å²) in [5, 5.41) is 24.2. The van der Waals surface area contributed by atoms with E-state index in [4.69, 9.17) is 9.26 Å². The fourth-order valence-corrected chi connectivity index (χ4v) is 2.87. The van der Waals surface area contributed by atoms with Gasteiger partial charge in [-0.2, -0.15) is 0 Å². The van der Waals surface area contributed by atoms with Crippen molar-refractivity contribution in [2.24, 2.45) is 0 Å². The molecule has 1 amide bonds. The summed E-state index contributed by atoms with van der Waals surface area (Å²) in [5.41, 5.74) is 0.293. The Morgan fingerprint density at radius 3 is 2.92 bits per heavy atom. The molecular weight excluding hydrogens is 314 g/mol. The Kier molecular flexibility index (Phi) is 4.91. The summed E-state index contributed by atoms with van der Waals surface area (Å²) in [4.78, 5) is 12.0. The molecule has 130 valence electrons. The molecule has 2 aromatic rings. The monoisotopic (exact) mass is 335 g/mol. The normalized spacial score (nSPS) is 20.0. The van der Waals surface area contributed by atoms with E-state index in [9.17, 15) is 9.90 Å². The Morgan fingerprint density at radius 1 is 1.50 bits per heavy atom. The molecule has 9 heteroatoms. The summed E-state index contributed by atoms with van der Waals surface area (Å²) in [7, 11) is 1.63. The molecule has 0 unspecified atom stereocenters. The first-order chi connectivity index (χ1) is 11.6. The second-order valence-corrected chi connectivity index (χ2v) is 5.94. The summed E-state index contributed by atoms with van der Waals surface area (Å²) >= 11 is 0. The molecule has 0 saturated heterocycles. The smallest absolute Gasteiger partial charge is 0.273 e. The van der Waals surface area contributed by atoms with Crippen LogP contribution in [0, 0.1) is 6.92 Å².